The summed E-state index contributed by atoms with van der Waals surface area (Å²) in [6.07, 6.45) is 3.14. The van der Waals surface area contributed by atoms with Crippen LogP contribution in [0.4, 0.5) is 0 Å². The third-order valence-electron chi connectivity index (χ3n) is 3.28. The predicted octanol–water partition coefficient (Wildman–Crippen LogP) is 4.59. The van der Waals surface area contributed by atoms with Gasteiger partial charge in [-0.15, -0.1) is 0 Å². The Morgan fingerprint density at radius 2 is 2.10 bits per heavy atom. The Labute approximate surface area is 128 Å². The summed E-state index contributed by atoms with van der Waals surface area (Å²) in [6.45, 7) is 4.19. The van der Waals surface area contributed by atoms with Crippen LogP contribution in [-0.2, 0) is 6.42 Å². The minimum absolute atomic E-state index is 0.0546. The van der Waals surface area contributed by atoms with Crippen LogP contribution in [0.5, 0.6) is 0 Å². The molecule has 1 unspecified atom stereocenters. The van der Waals surface area contributed by atoms with Crippen LogP contribution >= 0.6 is 23.2 Å². The molecule has 5 heteroatoms. The maximum Gasteiger partial charge on any atom is 0.170 e. The summed E-state index contributed by atoms with van der Waals surface area (Å²) in [7, 11) is 0. The average Bonchev–Trinajstić information content (AvgIpc) is 2.86. The molecule has 1 aromatic carbocycles. The number of nitrogens with zero attached hydrogens (tertiary/aromatic N) is 2. The van der Waals surface area contributed by atoms with Gasteiger partial charge in [-0.1, -0.05) is 30.1 Å². The Balaban J connectivity index is 2.13. The van der Waals surface area contributed by atoms with Crippen molar-refractivity contribution < 1.29 is 4.79 Å². The van der Waals surface area contributed by atoms with Crippen LogP contribution in [-0.4, -0.2) is 15.6 Å². The molecule has 0 amide bonds. The van der Waals surface area contributed by atoms with Crippen molar-refractivity contribution in [3.63, 3.8) is 0 Å². The van der Waals surface area contributed by atoms with Crippen molar-refractivity contribution in [2.24, 2.45) is 0 Å². The molecule has 3 nitrogen and oxygen atoms in total. The van der Waals surface area contributed by atoms with Crippen molar-refractivity contribution in [1.82, 2.24) is 9.78 Å². The topological polar surface area (TPSA) is 34.9 Å². The zero-order chi connectivity index (χ0) is 14.7. The van der Waals surface area contributed by atoms with Crippen LogP contribution in [0.1, 0.15) is 42.4 Å². The molecule has 0 fully saturated rings. The third-order valence-corrected chi connectivity index (χ3v) is 3.83. The van der Waals surface area contributed by atoms with Crippen molar-refractivity contribution in [2.45, 2.75) is 32.7 Å². The van der Waals surface area contributed by atoms with Crippen molar-refractivity contribution in [3.8, 4) is 0 Å². The Morgan fingerprint density at radius 3 is 2.75 bits per heavy atom. The number of hydrogen-bond donors (Lipinski definition) is 0. The first kappa shape index (κ1) is 15.1. The highest BCUT2D eigenvalue weighted by atomic mass is 35.5. The van der Waals surface area contributed by atoms with Crippen LogP contribution < -0.4 is 0 Å². The summed E-state index contributed by atoms with van der Waals surface area (Å²) in [4.78, 5) is 12.2. The fourth-order valence-corrected chi connectivity index (χ4v) is 2.39. The number of carbonyl (C=O) groups is 1. The smallest absolute Gasteiger partial charge is 0.170 e. The number of rotatable bonds is 5. The van der Waals surface area contributed by atoms with Crippen LogP contribution in [0.2, 0.25) is 10.0 Å². The maximum atomic E-state index is 12.2. The molecule has 1 heterocycles. The number of ketones is 1. The molecule has 0 N–H and O–H groups in total. The molecule has 0 aliphatic rings. The van der Waals surface area contributed by atoms with E-state index in [0.29, 0.717) is 21.7 Å². The first-order chi connectivity index (χ1) is 9.51. The minimum atomic E-state index is -0.0546. The summed E-state index contributed by atoms with van der Waals surface area (Å²) in [5.41, 5.74) is 1.23. The van der Waals surface area contributed by atoms with Gasteiger partial charge in [0.15, 0.2) is 5.78 Å². The molecular formula is C15H16Cl2N2O. The molecule has 0 radical (unpaired) electrons. The number of aromatic nitrogens is 2. The highest BCUT2D eigenvalue weighted by molar-refractivity contribution is 6.36. The lowest BCUT2D eigenvalue weighted by atomic mass is 10.1. The van der Waals surface area contributed by atoms with Crippen LogP contribution in [0.25, 0.3) is 0 Å². The van der Waals surface area contributed by atoms with Gasteiger partial charge < -0.3 is 0 Å². The molecule has 0 aliphatic carbocycles. The minimum Gasteiger partial charge on any atom is -0.294 e. The van der Waals surface area contributed by atoms with E-state index < -0.39 is 0 Å². The Hall–Kier alpha value is -1.32. The van der Waals surface area contributed by atoms with Gasteiger partial charge in [-0.25, -0.2) is 0 Å². The lowest BCUT2D eigenvalue weighted by Crippen LogP contribution is -2.08. The second kappa shape index (κ2) is 6.42. The monoisotopic (exact) mass is 310 g/mol. The molecule has 0 spiro atoms. The van der Waals surface area contributed by atoms with Crippen LogP contribution in [0.15, 0.2) is 30.5 Å². The summed E-state index contributed by atoms with van der Waals surface area (Å²) >= 11 is 11.9. The normalized spacial score (nSPS) is 12.4. The third kappa shape index (κ3) is 3.41. The number of benzene rings is 1. The Morgan fingerprint density at radius 1 is 1.35 bits per heavy atom. The van der Waals surface area contributed by atoms with E-state index in [4.69, 9.17) is 23.2 Å². The summed E-state index contributed by atoms with van der Waals surface area (Å²) in [6, 6.07) is 7.09. The van der Waals surface area contributed by atoms with Gasteiger partial charge >= 0.3 is 0 Å². The summed E-state index contributed by atoms with van der Waals surface area (Å²) in [5.74, 6) is -0.0546. The van der Waals surface area contributed by atoms with Gasteiger partial charge in [-0.05, 0) is 37.6 Å². The van der Waals surface area contributed by atoms with E-state index in [1.807, 2.05) is 16.9 Å². The predicted molar refractivity (Wildman–Crippen MR) is 81.7 cm³/mol. The first-order valence-electron chi connectivity index (χ1n) is 6.53. The Bertz CT molecular complexity index is 622. The molecule has 0 aliphatic heterocycles. The van der Waals surface area contributed by atoms with E-state index in [9.17, 15) is 4.79 Å². The first-order valence-corrected chi connectivity index (χ1v) is 7.29. The van der Waals surface area contributed by atoms with Crippen molar-refractivity contribution >= 4 is 29.0 Å². The number of Topliss-reactive ketones (excluding diaryl/α,β-unsaturated/α-hetero) is 1. The summed E-state index contributed by atoms with van der Waals surface area (Å²) in [5, 5.41) is 5.32. The number of carbonyl (C=O) groups excluding carboxylic acids is 1. The van der Waals surface area contributed by atoms with E-state index in [1.165, 1.54) is 0 Å². The molecule has 1 atom stereocenters. The van der Waals surface area contributed by atoms with Gasteiger partial charge in [0, 0.05) is 22.8 Å². The highest BCUT2D eigenvalue weighted by Gasteiger charge is 2.14. The standard InChI is InChI=1S/C15H16Cl2N2O/c1-3-10(2)19-7-6-12(18-19)9-15(20)13-5-4-11(16)8-14(13)17/h4-8,10H,3,9H2,1-2H3. The van der Waals surface area contributed by atoms with Gasteiger partial charge in [0.05, 0.1) is 17.1 Å². The van der Waals surface area contributed by atoms with E-state index in [1.54, 1.807) is 18.2 Å². The fourth-order valence-electron chi connectivity index (χ4n) is 1.88. The fraction of sp³-hybridized carbons (Fsp3) is 0.333. The molecule has 0 saturated heterocycles. The molecule has 2 rings (SSSR count). The highest BCUT2D eigenvalue weighted by Crippen LogP contribution is 2.22. The van der Waals surface area contributed by atoms with Crippen LogP contribution in [0.3, 0.4) is 0 Å². The number of hydrogen-bond acceptors (Lipinski definition) is 2. The average molecular weight is 311 g/mol. The molecule has 0 bridgehead atoms. The SMILES string of the molecule is CCC(C)n1ccc(CC(=O)c2ccc(Cl)cc2Cl)n1. The van der Waals surface area contributed by atoms with E-state index in [2.05, 4.69) is 18.9 Å². The van der Waals surface area contributed by atoms with Crippen LogP contribution in [0, 0.1) is 0 Å². The molecule has 20 heavy (non-hydrogen) atoms. The largest absolute Gasteiger partial charge is 0.294 e. The number of halogens is 2. The zero-order valence-corrected chi connectivity index (χ0v) is 12.9. The molecule has 0 saturated carbocycles. The quantitative estimate of drug-likeness (QED) is 0.757. The second-order valence-corrected chi connectivity index (χ2v) is 5.61. The Kier molecular flexibility index (Phi) is 4.84. The van der Waals surface area contributed by atoms with Crippen molar-refractivity contribution in [3.05, 3.63) is 51.8 Å². The molecule has 2 aromatic rings. The maximum absolute atomic E-state index is 12.2. The van der Waals surface area contributed by atoms with E-state index in [-0.39, 0.29) is 12.2 Å². The van der Waals surface area contributed by atoms with Gasteiger partial charge in [0.2, 0.25) is 0 Å². The zero-order valence-electron chi connectivity index (χ0n) is 11.4. The van der Waals surface area contributed by atoms with E-state index in [0.717, 1.165) is 12.1 Å². The molecule has 1 aromatic heterocycles. The van der Waals surface area contributed by atoms with Gasteiger partial charge in [0.1, 0.15) is 0 Å². The van der Waals surface area contributed by atoms with Gasteiger partial charge in [-0.3, -0.25) is 9.48 Å². The van der Waals surface area contributed by atoms with Gasteiger partial charge in [0.25, 0.3) is 0 Å². The molecule has 106 valence electrons. The lowest BCUT2D eigenvalue weighted by molar-refractivity contribution is 0.0992. The van der Waals surface area contributed by atoms with Gasteiger partial charge in [-0.2, -0.15) is 5.10 Å². The van der Waals surface area contributed by atoms with Crippen molar-refractivity contribution in [2.75, 3.05) is 0 Å². The molecular weight excluding hydrogens is 295 g/mol. The lowest BCUT2D eigenvalue weighted by Gasteiger charge is -2.08. The van der Waals surface area contributed by atoms with E-state index >= 15 is 0 Å². The second-order valence-electron chi connectivity index (χ2n) is 4.77. The van der Waals surface area contributed by atoms with Crippen molar-refractivity contribution in [1.29, 1.82) is 0 Å². The summed E-state index contributed by atoms with van der Waals surface area (Å²) < 4.78 is 1.88.